The highest BCUT2D eigenvalue weighted by atomic mass is 32.2. The Morgan fingerprint density at radius 1 is 1.28 bits per heavy atom. The molecule has 18 heavy (non-hydrogen) atoms. The van der Waals surface area contributed by atoms with E-state index in [1.54, 1.807) is 0 Å². The highest BCUT2D eigenvalue weighted by Gasteiger charge is 2.28. The number of hydrogen-bond acceptors (Lipinski definition) is 3. The van der Waals surface area contributed by atoms with Gasteiger partial charge in [-0.3, -0.25) is 9.00 Å². The van der Waals surface area contributed by atoms with E-state index in [1.165, 1.54) is 6.42 Å². The van der Waals surface area contributed by atoms with Gasteiger partial charge >= 0.3 is 0 Å². The van der Waals surface area contributed by atoms with E-state index < -0.39 is 10.8 Å². The zero-order valence-electron chi connectivity index (χ0n) is 11.2. The lowest BCUT2D eigenvalue weighted by Gasteiger charge is -2.28. The summed E-state index contributed by atoms with van der Waals surface area (Å²) in [6.07, 6.45) is 6.46. The molecule has 4 nitrogen and oxygen atoms in total. The van der Waals surface area contributed by atoms with Crippen molar-refractivity contribution >= 4 is 16.7 Å². The van der Waals surface area contributed by atoms with Gasteiger partial charge in [0.25, 0.3) is 0 Å². The maximum Gasteiger partial charge on any atom is 0.235 e. The van der Waals surface area contributed by atoms with Gasteiger partial charge in [0.1, 0.15) is 5.75 Å². The van der Waals surface area contributed by atoms with E-state index >= 15 is 0 Å². The van der Waals surface area contributed by atoms with Gasteiger partial charge in [-0.05, 0) is 39.2 Å². The Morgan fingerprint density at radius 3 is 2.67 bits per heavy atom. The standard InChI is InChI=1S/C13H24N2O2S/c1-14-11-5-4-6-12(9-11)18(17)10-13(16)15-7-2-3-8-15/h11-12,14H,2-10H2,1H3. The largest absolute Gasteiger partial charge is 0.342 e. The van der Waals surface area contributed by atoms with Crippen LogP contribution in [-0.2, 0) is 15.6 Å². The summed E-state index contributed by atoms with van der Waals surface area (Å²) in [5.41, 5.74) is 0. The highest BCUT2D eigenvalue weighted by Crippen LogP contribution is 2.23. The first-order valence-corrected chi connectivity index (χ1v) is 8.41. The Morgan fingerprint density at radius 2 is 2.00 bits per heavy atom. The van der Waals surface area contributed by atoms with Crippen molar-refractivity contribution < 1.29 is 9.00 Å². The fourth-order valence-corrected chi connectivity index (χ4v) is 4.48. The van der Waals surface area contributed by atoms with Crippen molar-refractivity contribution in [3.05, 3.63) is 0 Å². The van der Waals surface area contributed by atoms with E-state index in [-0.39, 0.29) is 16.9 Å². The molecule has 1 N–H and O–H groups in total. The highest BCUT2D eigenvalue weighted by molar-refractivity contribution is 7.86. The predicted molar refractivity (Wildman–Crippen MR) is 73.9 cm³/mol. The van der Waals surface area contributed by atoms with Gasteiger partial charge < -0.3 is 10.2 Å². The monoisotopic (exact) mass is 272 g/mol. The smallest absolute Gasteiger partial charge is 0.235 e. The van der Waals surface area contributed by atoms with Gasteiger partial charge in [0, 0.05) is 35.2 Å². The van der Waals surface area contributed by atoms with Crippen molar-refractivity contribution in [2.45, 2.75) is 49.8 Å². The quantitative estimate of drug-likeness (QED) is 0.827. The Bertz CT molecular complexity index is 316. The number of carbonyl (C=O) groups excluding carboxylic acids is 1. The Hall–Kier alpha value is -0.420. The van der Waals surface area contributed by atoms with Crippen LogP contribution < -0.4 is 5.32 Å². The van der Waals surface area contributed by atoms with Crippen LogP contribution in [0.5, 0.6) is 0 Å². The van der Waals surface area contributed by atoms with Gasteiger partial charge in [0.2, 0.25) is 5.91 Å². The third-order valence-corrected chi connectivity index (χ3v) is 5.83. The third kappa shape index (κ3) is 3.54. The minimum absolute atomic E-state index is 0.0948. The molecule has 0 aromatic carbocycles. The van der Waals surface area contributed by atoms with Crippen molar-refractivity contribution in [3.8, 4) is 0 Å². The normalized spacial score (nSPS) is 30.4. The fourth-order valence-electron chi connectivity index (χ4n) is 2.94. The molecule has 5 heteroatoms. The first-order chi connectivity index (χ1) is 8.70. The van der Waals surface area contributed by atoms with Crippen LogP contribution in [0.25, 0.3) is 0 Å². The lowest BCUT2D eigenvalue weighted by atomic mass is 9.95. The van der Waals surface area contributed by atoms with Crippen molar-refractivity contribution in [3.63, 3.8) is 0 Å². The number of hydrogen-bond donors (Lipinski definition) is 1. The van der Waals surface area contributed by atoms with E-state index in [1.807, 2.05) is 11.9 Å². The summed E-state index contributed by atoms with van der Waals surface area (Å²) in [5, 5.41) is 3.48. The second kappa shape index (κ2) is 6.66. The summed E-state index contributed by atoms with van der Waals surface area (Å²) in [6, 6.07) is 0.481. The van der Waals surface area contributed by atoms with Gasteiger partial charge in [-0.1, -0.05) is 6.42 Å². The van der Waals surface area contributed by atoms with Crippen LogP contribution in [0.1, 0.15) is 38.5 Å². The zero-order valence-corrected chi connectivity index (χ0v) is 12.0. The van der Waals surface area contributed by atoms with Gasteiger partial charge in [0.05, 0.1) is 0 Å². The minimum Gasteiger partial charge on any atom is -0.342 e. The van der Waals surface area contributed by atoms with E-state index in [2.05, 4.69) is 5.32 Å². The molecule has 1 saturated heterocycles. The number of amides is 1. The molecule has 1 heterocycles. The molecule has 2 rings (SSSR count). The first kappa shape index (κ1) is 14.0. The lowest BCUT2D eigenvalue weighted by Crippen LogP contribution is -2.39. The summed E-state index contributed by atoms with van der Waals surface area (Å²) < 4.78 is 12.3. The predicted octanol–water partition coefficient (Wildman–Crippen LogP) is 0.888. The van der Waals surface area contributed by atoms with Crippen LogP contribution in [0.4, 0.5) is 0 Å². The van der Waals surface area contributed by atoms with E-state index in [4.69, 9.17) is 0 Å². The van der Waals surface area contributed by atoms with E-state index in [0.717, 1.165) is 45.2 Å². The summed E-state index contributed by atoms with van der Waals surface area (Å²) >= 11 is 0. The van der Waals surface area contributed by atoms with E-state index in [9.17, 15) is 9.00 Å². The summed E-state index contributed by atoms with van der Waals surface area (Å²) in [5.74, 6) is 0.332. The minimum atomic E-state index is -0.986. The molecule has 0 aromatic heterocycles. The maximum atomic E-state index is 12.3. The van der Waals surface area contributed by atoms with Crippen LogP contribution in [0.15, 0.2) is 0 Å². The van der Waals surface area contributed by atoms with Crippen LogP contribution in [0.2, 0.25) is 0 Å². The van der Waals surface area contributed by atoms with Crippen molar-refractivity contribution in [1.82, 2.24) is 10.2 Å². The molecule has 1 amide bonds. The summed E-state index contributed by atoms with van der Waals surface area (Å²) in [4.78, 5) is 13.8. The molecule has 1 saturated carbocycles. The average molecular weight is 272 g/mol. The average Bonchev–Trinajstić information content (AvgIpc) is 2.92. The van der Waals surface area contributed by atoms with Gasteiger partial charge in [0.15, 0.2) is 0 Å². The molecule has 1 aliphatic heterocycles. The molecular weight excluding hydrogens is 248 g/mol. The second-order valence-corrected chi connectivity index (χ2v) is 7.10. The SMILES string of the molecule is CNC1CCCC(S(=O)CC(=O)N2CCCC2)C1. The second-order valence-electron chi connectivity index (χ2n) is 5.39. The topological polar surface area (TPSA) is 49.4 Å². The van der Waals surface area contributed by atoms with Crippen LogP contribution >= 0.6 is 0 Å². The van der Waals surface area contributed by atoms with Gasteiger partial charge in [-0.25, -0.2) is 0 Å². The molecule has 104 valence electrons. The zero-order chi connectivity index (χ0) is 13.0. The lowest BCUT2D eigenvalue weighted by molar-refractivity contribution is -0.127. The number of nitrogens with one attached hydrogen (secondary N) is 1. The molecule has 3 unspecified atom stereocenters. The van der Waals surface area contributed by atoms with E-state index in [0.29, 0.717) is 6.04 Å². The van der Waals surface area contributed by atoms with Crippen molar-refractivity contribution in [2.75, 3.05) is 25.9 Å². The molecule has 1 aliphatic carbocycles. The Kier molecular flexibility index (Phi) is 5.18. The molecular formula is C13H24N2O2S. The van der Waals surface area contributed by atoms with Crippen molar-refractivity contribution in [2.24, 2.45) is 0 Å². The summed E-state index contributed by atoms with van der Waals surface area (Å²) in [7, 11) is 0.978. The van der Waals surface area contributed by atoms with Gasteiger partial charge in [-0.2, -0.15) is 0 Å². The van der Waals surface area contributed by atoms with Crippen LogP contribution in [0.3, 0.4) is 0 Å². The number of carbonyl (C=O) groups is 1. The molecule has 2 aliphatic rings. The van der Waals surface area contributed by atoms with Gasteiger partial charge in [-0.15, -0.1) is 0 Å². The molecule has 0 aromatic rings. The molecule has 0 spiro atoms. The molecule has 0 bridgehead atoms. The van der Waals surface area contributed by atoms with Crippen LogP contribution in [0, 0.1) is 0 Å². The van der Waals surface area contributed by atoms with Crippen LogP contribution in [-0.4, -0.2) is 52.2 Å². The number of likely N-dealkylation sites (tertiary alicyclic amines) is 1. The van der Waals surface area contributed by atoms with Crippen molar-refractivity contribution in [1.29, 1.82) is 0 Å². The first-order valence-electron chi connectivity index (χ1n) is 7.03. The Balaban J connectivity index is 1.81. The number of nitrogens with zero attached hydrogens (tertiary/aromatic N) is 1. The third-order valence-electron chi connectivity index (χ3n) is 4.13. The molecule has 3 atom stereocenters. The maximum absolute atomic E-state index is 12.3. The molecule has 0 radical (unpaired) electrons. The Labute approximate surface area is 112 Å². The number of rotatable bonds is 4. The molecule has 2 fully saturated rings. The summed E-state index contributed by atoms with van der Waals surface area (Å²) in [6.45, 7) is 1.72. The fraction of sp³-hybridized carbons (Fsp3) is 0.923.